The van der Waals surface area contributed by atoms with E-state index in [0.717, 1.165) is 18.4 Å². The lowest BCUT2D eigenvalue weighted by Gasteiger charge is -2.21. The average Bonchev–Trinajstić information content (AvgIpc) is 3.12. The van der Waals surface area contributed by atoms with Crippen molar-refractivity contribution >= 4 is 11.8 Å². The van der Waals surface area contributed by atoms with Crippen LogP contribution in [0.4, 0.5) is 4.39 Å². The molecular formula is C18H16FNO2. The van der Waals surface area contributed by atoms with Gasteiger partial charge in [0.1, 0.15) is 5.82 Å². The molecule has 112 valence electrons. The number of fused-ring (bicyclic) bond motifs is 3. The van der Waals surface area contributed by atoms with Gasteiger partial charge in [0, 0.05) is 0 Å². The zero-order valence-electron chi connectivity index (χ0n) is 12.0. The first kappa shape index (κ1) is 12.6. The Balaban J connectivity index is 1.45. The molecule has 1 aromatic rings. The van der Waals surface area contributed by atoms with E-state index in [4.69, 9.17) is 0 Å². The smallest absolute Gasteiger partial charge is 0.234 e. The number of hydrogen-bond donors (Lipinski definition) is 0. The highest BCUT2D eigenvalue weighted by Gasteiger charge is 2.73. The molecule has 1 heterocycles. The molecule has 0 aromatic heterocycles. The average molecular weight is 297 g/mol. The Hall–Kier alpha value is -1.97. The fourth-order valence-corrected chi connectivity index (χ4v) is 5.07. The molecule has 1 aromatic carbocycles. The number of benzene rings is 1. The Morgan fingerprint density at radius 1 is 1.00 bits per heavy atom. The van der Waals surface area contributed by atoms with E-state index in [1.165, 1.54) is 17.0 Å². The topological polar surface area (TPSA) is 37.4 Å². The van der Waals surface area contributed by atoms with E-state index in [2.05, 4.69) is 12.2 Å². The molecule has 4 atom stereocenters. The quantitative estimate of drug-likeness (QED) is 0.621. The van der Waals surface area contributed by atoms with Crippen LogP contribution in [0.15, 0.2) is 36.4 Å². The van der Waals surface area contributed by atoms with Crippen molar-refractivity contribution in [1.29, 1.82) is 0 Å². The number of halogens is 1. The molecule has 3 nitrogen and oxygen atoms in total. The molecule has 3 fully saturated rings. The first-order chi connectivity index (χ1) is 10.6. The molecule has 3 aliphatic carbocycles. The molecule has 2 bridgehead atoms. The molecule has 1 saturated heterocycles. The molecule has 1 spiro atoms. The van der Waals surface area contributed by atoms with Crippen molar-refractivity contribution in [2.45, 2.75) is 19.4 Å². The Labute approximate surface area is 127 Å². The molecule has 4 aliphatic rings. The van der Waals surface area contributed by atoms with E-state index in [0.29, 0.717) is 0 Å². The highest BCUT2D eigenvalue weighted by molar-refractivity contribution is 6.06. The highest BCUT2D eigenvalue weighted by atomic mass is 19.1. The number of likely N-dealkylation sites (tertiary alicyclic amines) is 1. The molecule has 2 saturated carbocycles. The zero-order valence-corrected chi connectivity index (χ0v) is 12.0. The Kier molecular flexibility index (Phi) is 2.20. The van der Waals surface area contributed by atoms with Gasteiger partial charge in [0.15, 0.2) is 0 Å². The van der Waals surface area contributed by atoms with E-state index < -0.39 is 0 Å². The Morgan fingerprint density at radius 2 is 1.55 bits per heavy atom. The van der Waals surface area contributed by atoms with Crippen molar-refractivity contribution in [2.75, 3.05) is 0 Å². The van der Waals surface area contributed by atoms with Gasteiger partial charge < -0.3 is 0 Å². The van der Waals surface area contributed by atoms with Crippen LogP contribution in [-0.4, -0.2) is 16.7 Å². The van der Waals surface area contributed by atoms with Gasteiger partial charge in [-0.2, -0.15) is 0 Å². The maximum absolute atomic E-state index is 13.0. The van der Waals surface area contributed by atoms with Gasteiger partial charge in [-0.25, -0.2) is 4.39 Å². The van der Waals surface area contributed by atoms with Crippen LogP contribution in [-0.2, 0) is 16.1 Å². The molecule has 2 amide bonds. The van der Waals surface area contributed by atoms with E-state index >= 15 is 0 Å². The van der Waals surface area contributed by atoms with Crippen molar-refractivity contribution in [3.63, 3.8) is 0 Å². The summed E-state index contributed by atoms with van der Waals surface area (Å²) >= 11 is 0. The molecule has 22 heavy (non-hydrogen) atoms. The summed E-state index contributed by atoms with van der Waals surface area (Å²) in [5.41, 5.74) is 1.03. The third kappa shape index (κ3) is 1.36. The molecule has 0 unspecified atom stereocenters. The van der Waals surface area contributed by atoms with Gasteiger partial charge in [0.05, 0.1) is 18.4 Å². The number of carbonyl (C=O) groups is 2. The minimum Gasteiger partial charge on any atom is -0.278 e. The summed E-state index contributed by atoms with van der Waals surface area (Å²) in [6, 6.07) is 6.01. The molecule has 1 aliphatic heterocycles. The fourth-order valence-electron chi connectivity index (χ4n) is 5.07. The molecule has 0 radical (unpaired) electrons. The van der Waals surface area contributed by atoms with Crippen LogP contribution in [0.2, 0.25) is 0 Å². The van der Waals surface area contributed by atoms with Gasteiger partial charge in [0.25, 0.3) is 0 Å². The minimum atomic E-state index is -0.308. The van der Waals surface area contributed by atoms with Crippen molar-refractivity contribution in [3.05, 3.63) is 47.8 Å². The normalized spacial score (nSPS) is 36.5. The van der Waals surface area contributed by atoms with Gasteiger partial charge in [-0.15, -0.1) is 0 Å². The zero-order chi connectivity index (χ0) is 15.1. The predicted molar refractivity (Wildman–Crippen MR) is 76.7 cm³/mol. The summed E-state index contributed by atoms with van der Waals surface area (Å²) in [6.07, 6.45) is 6.65. The van der Waals surface area contributed by atoms with Gasteiger partial charge >= 0.3 is 0 Å². The van der Waals surface area contributed by atoms with E-state index in [1.54, 1.807) is 12.1 Å². The van der Waals surface area contributed by atoms with Crippen LogP contribution >= 0.6 is 0 Å². The van der Waals surface area contributed by atoms with Crippen LogP contribution in [0.3, 0.4) is 0 Å². The van der Waals surface area contributed by atoms with Crippen LogP contribution in [0, 0.1) is 34.9 Å². The number of allylic oxidation sites excluding steroid dienone is 2. The second-order valence-electron chi connectivity index (χ2n) is 7.11. The monoisotopic (exact) mass is 297 g/mol. The van der Waals surface area contributed by atoms with Gasteiger partial charge in [-0.1, -0.05) is 24.3 Å². The van der Waals surface area contributed by atoms with Crippen molar-refractivity contribution in [1.82, 2.24) is 4.90 Å². The van der Waals surface area contributed by atoms with E-state index in [9.17, 15) is 14.0 Å². The van der Waals surface area contributed by atoms with E-state index in [-0.39, 0.29) is 53.3 Å². The van der Waals surface area contributed by atoms with Crippen molar-refractivity contribution in [2.24, 2.45) is 29.1 Å². The minimum absolute atomic E-state index is 0.0255. The van der Waals surface area contributed by atoms with Crippen molar-refractivity contribution < 1.29 is 14.0 Å². The highest BCUT2D eigenvalue weighted by Crippen LogP contribution is 2.73. The summed E-state index contributed by atoms with van der Waals surface area (Å²) in [4.78, 5) is 26.9. The predicted octanol–water partition coefficient (Wildman–Crippen LogP) is 2.52. The SMILES string of the molecule is O=C1[C@H]2[C@H](C(=O)N1Cc1ccc(F)cc1)[C@H]1C=C[C@H]2C12CC2. The second kappa shape index (κ2) is 3.86. The summed E-state index contributed by atoms with van der Waals surface area (Å²) in [5, 5.41) is 0. The largest absolute Gasteiger partial charge is 0.278 e. The summed E-state index contributed by atoms with van der Waals surface area (Å²) in [6.45, 7) is 0.261. The number of rotatable bonds is 2. The summed E-state index contributed by atoms with van der Waals surface area (Å²) in [7, 11) is 0. The first-order valence-corrected chi connectivity index (χ1v) is 7.90. The summed E-state index contributed by atoms with van der Waals surface area (Å²) < 4.78 is 13.0. The number of amides is 2. The standard InChI is InChI=1S/C18H16FNO2/c19-11-3-1-10(2-4-11)9-20-16(21)14-12-5-6-13(15(14)17(20)22)18(12)7-8-18/h1-6,12-15H,7-9H2/t12-,13-,14-,15-/m1/s1. The second-order valence-corrected chi connectivity index (χ2v) is 7.11. The Bertz CT molecular complexity index is 685. The number of carbonyl (C=O) groups excluding carboxylic acids is 2. The van der Waals surface area contributed by atoms with Gasteiger partial charge in [0.2, 0.25) is 11.8 Å². The molecular weight excluding hydrogens is 281 g/mol. The van der Waals surface area contributed by atoms with Crippen LogP contribution < -0.4 is 0 Å². The van der Waals surface area contributed by atoms with Crippen LogP contribution in [0.5, 0.6) is 0 Å². The lowest BCUT2D eigenvalue weighted by Crippen LogP contribution is -2.34. The third-order valence-electron chi connectivity index (χ3n) is 6.20. The molecule has 0 N–H and O–H groups in total. The third-order valence-corrected chi connectivity index (χ3v) is 6.20. The summed E-state index contributed by atoms with van der Waals surface area (Å²) in [5.74, 6) is -0.132. The maximum atomic E-state index is 13.0. The Morgan fingerprint density at radius 3 is 2.05 bits per heavy atom. The van der Waals surface area contributed by atoms with Crippen molar-refractivity contribution in [3.8, 4) is 0 Å². The molecule has 5 rings (SSSR count). The number of hydrogen-bond acceptors (Lipinski definition) is 2. The maximum Gasteiger partial charge on any atom is 0.234 e. The molecule has 4 heteroatoms. The van der Waals surface area contributed by atoms with E-state index in [1.807, 2.05) is 0 Å². The van der Waals surface area contributed by atoms with Crippen LogP contribution in [0.1, 0.15) is 18.4 Å². The lowest BCUT2D eigenvalue weighted by atomic mass is 9.85. The fraction of sp³-hybridized carbons (Fsp3) is 0.444. The van der Waals surface area contributed by atoms with Gasteiger partial charge in [-0.3, -0.25) is 14.5 Å². The number of nitrogens with zero attached hydrogens (tertiary/aromatic N) is 1. The van der Waals surface area contributed by atoms with Crippen LogP contribution in [0.25, 0.3) is 0 Å². The first-order valence-electron chi connectivity index (χ1n) is 7.90. The van der Waals surface area contributed by atoms with Gasteiger partial charge in [-0.05, 0) is 47.8 Å². The number of imide groups is 1. The lowest BCUT2D eigenvalue weighted by molar-refractivity contribution is -0.141.